The van der Waals surface area contributed by atoms with Crippen molar-refractivity contribution in [2.45, 2.75) is 37.6 Å². The summed E-state index contributed by atoms with van der Waals surface area (Å²) in [4.78, 5) is 13.3. The third-order valence-electron chi connectivity index (χ3n) is 5.94. The highest BCUT2D eigenvalue weighted by Crippen LogP contribution is 2.45. The van der Waals surface area contributed by atoms with Gasteiger partial charge in [0.05, 0.1) is 27.4 Å². The van der Waals surface area contributed by atoms with Gasteiger partial charge in [0.2, 0.25) is 23.2 Å². The average Bonchev–Trinajstić information content (AvgIpc) is 2.86. The number of aliphatic hydroxyl groups excluding tert-OH is 3. The van der Waals surface area contributed by atoms with Gasteiger partial charge in [-0.15, -0.1) is 0 Å². The molecular formula is C24H26O12. The molecule has 2 heterocycles. The zero-order chi connectivity index (χ0) is 26.3. The molecule has 4 rings (SSSR count). The Balaban J connectivity index is 1.89. The van der Waals surface area contributed by atoms with Gasteiger partial charge < -0.3 is 53.6 Å². The van der Waals surface area contributed by atoms with Crippen molar-refractivity contribution in [1.29, 1.82) is 0 Å². The second kappa shape index (κ2) is 9.74. The monoisotopic (exact) mass is 506 g/mol. The Hall–Kier alpha value is -3.71. The van der Waals surface area contributed by atoms with Gasteiger partial charge in [-0.3, -0.25) is 4.79 Å². The first-order valence-electron chi connectivity index (χ1n) is 10.8. The van der Waals surface area contributed by atoms with E-state index < -0.39 is 41.9 Å². The Bertz CT molecular complexity index is 1330. The van der Waals surface area contributed by atoms with E-state index in [1.165, 1.54) is 52.5 Å². The summed E-state index contributed by atoms with van der Waals surface area (Å²) in [6.45, 7) is 1.48. The first-order chi connectivity index (χ1) is 17.1. The van der Waals surface area contributed by atoms with E-state index in [1.54, 1.807) is 0 Å². The van der Waals surface area contributed by atoms with Crippen molar-refractivity contribution in [2.75, 3.05) is 21.3 Å². The number of phenolic OH excluding ortho intramolecular Hbond substituents is 2. The van der Waals surface area contributed by atoms with Crippen molar-refractivity contribution in [1.82, 2.24) is 0 Å². The molecule has 0 amide bonds. The normalized spacial score (nSPS) is 23.9. The molecule has 2 aromatic carbocycles. The maximum atomic E-state index is 13.3. The predicted octanol–water partition coefficient (Wildman–Crippen LogP) is 1.10. The van der Waals surface area contributed by atoms with Crippen LogP contribution in [0.2, 0.25) is 0 Å². The maximum absolute atomic E-state index is 13.3. The zero-order valence-electron chi connectivity index (χ0n) is 19.8. The Labute approximate surface area is 204 Å². The number of fused-ring (bicyclic) bond motifs is 1. The van der Waals surface area contributed by atoms with Crippen LogP contribution in [0.4, 0.5) is 0 Å². The summed E-state index contributed by atoms with van der Waals surface area (Å²) in [6.07, 6.45) is -6.87. The predicted molar refractivity (Wildman–Crippen MR) is 124 cm³/mol. The van der Waals surface area contributed by atoms with E-state index in [2.05, 4.69) is 0 Å². The van der Waals surface area contributed by atoms with Crippen LogP contribution in [0.15, 0.2) is 33.5 Å². The van der Waals surface area contributed by atoms with E-state index in [9.17, 15) is 30.3 Å². The molecule has 1 fully saturated rings. The molecule has 12 nitrogen and oxygen atoms in total. The highest BCUT2D eigenvalue weighted by Gasteiger charge is 2.43. The maximum Gasteiger partial charge on any atom is 0.239 e. The molecule has 1 saturated heterocycles. The molecule has 3 aromatic rings. The second-order valence-corrected chi connectivity index (χ2v) is 8.11. The minimum absolute atomic E-state index is 0.0232. The van der Waals surface area contributed by atoms with E-state index in [0.717, 1.165) is 0 Å². The number of hydrogen-bond donors (Lipinski definition) is 5. The summed E-state index contributed by atoms with van der Waals surface area (Å²) in [7, 11) is 3.84. The topological polar surface area (TPSA) is 178 Å². The highest BCUT2D eigenvalue weighted by molar-refractivity contribution is 5.91. The summed E-state index contributed by atoms with van der Waals surface area (Å²) in [5.74, 6) is -1.31. The van der Waals surface area contributed by atoms with Crippen molar-refractivity contribution >= 4 is 11.0 Å². The van der Waals surface area contributed by atoms with E-state index in [1.807, 2.05) is 0 Å². The molecule has 12 heteroatoms. The Kier molecular flexibility index (Phi) is 6.87. The van der Waals surface area contributed by atoms with Crippen LogP contribution in [0.3, 0.4) is 0 Å². The molecule has 36 heavy (non-hydrogen) atoms. The molecule has 0 saturated carbocycles. The van der Waals surface area contributed by atoms with Crippen LogP contribution < -0.4 is 24.4 Å². The Morgan fingerprint density at radius 1 is 0.861 bits per heavy atom. The summed E-state index contributed by atoms with van der Waals surface area (Å²) < 4.78 is 32.7. The fourth-order valence-corrected chi connectivity index (χ4v) is 3.99. The van der Waals surface area contributed by atoms with Crippen molar-refractivity contribution in [2.24, 2.45) is 0 Å². The summed E-state index contributed by atoms with van der Waals surface area (Å²) in [5.41, 5.74) is -0.519. The molecule has 0 bridgehead atoms. The van der Waals surface area contributed by atoms with Crippen LogP contribution >= 0.6 is 0 Å². The van der Waals surface area contributed by atoms with E-state index in [0.29, 0.717) is 5.56 Å². The van der Waals surface area contributed by atoms with Crippen molar-refractivity contribution in [3.8, 4) is 45.8 Å². The van der Waals surface area contributed by atoms with Gasteiger partial charge >= 0.3 is 0 Å². The minimum atomic E-state index is -1.64. The Morgan fingerprint density at radius 2 is 1.56 bits per heavy atom. The fraction of sp³-hybridized carbons (Fsp3) is 0.375. The molecule has 0 spiro atoms. The van der Waals surface area contributed by atoms with E-state index in [4.69, 9.17) is 28.1 Å². The quantitative estimate of drug-likeness (QED) is 0.322. The largest absolute Gasteiger partial charge is 0.504 e. The lowest BCUT2D eigenvalue weighted by atomic mass is 10.00. The molecule has 0 aliphatic carbocycles. The lowest BCUT2D eigenvalue weighted by Crippen LogP contribution is -2.58. The molecular weight excluding hydrogens is 480 g/mol. The van der Waals surface area contributed by atoms with E-state index >= 15 is 0 Å². The number of aliphatic hydroxyl groups is 3. The van der Waals surface area contributed by atoms with Gasteiger partial charge in [0.25, 0.3) is 0 Å². The van der Waals surface area contributed by atoms with Gasteiger partial charge in [0.15, 0.2) is 28.8 Å². The molecule has 1 aliphatic heterocycles. The van der Waals surface area contributed by atoms with Crippen molar-refractivity contribution < 1.29 is 53.6 Å². The summed E-state index contributed by atoms with van der Waals surface area (Å²) >= 11 is 0. The number of hydrogen-bond acceptors (Lipinski definition) is 12. The van der Waals surface area contributed by atoms with Crippen molar-refractivity contribution in [3.05, 3.63) is 34.5 Å². The molecule has 5 N–H and O–H groups in total. The first kappa shape index (κ1) is 25.4. The molecule has 2 unspecified atom stereocenters. The van der Waals surface area contributed by atoms with Crippen LogP contribution in [0.1, 0.15) is 6.92 Å². The van der Waals surface area contributed by atoms with Crippen molar-refractivity contribution in [3.63, 3.8) is 0 Å². The SMILES string of the molecule is COc1cc(-c2oc3cc(O[C@@H]4OC(C)[C@H](O)[C@H](O)C4O)c(OC)c(O)c3c(=O)c2OC)ccc1O. The van der Waals surface area contributed by atoms with Gasteiger partial charge in [-0.1, -0.05) is 0 Å². The van der Waals surface area contributed by atoms with E-state index in [-0.39, 0.29) is 45.5 Å². The first-order valence-corrected chi connectivity index (χ1v) is 10.8. The average molecular weight is 506 g/mol. The van der Waals surface area contributed by atoms with Crippen LogP contribution in [0.25, 0.3) is 22.3 Å². The second-order valence-electron chi connectivity index (χ2n) is 8.11. The number of phenols is 2. The summed E-state index contributed by atoms with van der Waals surface area (Å²) in [6, 6.07) is 5.50. The summed E-state index contributed by atoms with van der Waals surface area (Å²) in [5, 5.41) is 50.9. The fourth-order valence-electron chi connectivity index (χ4n) is 3.99. The number of ether oxygens (including phenoxy) is 5. The zero-order valence-corrected chi connectivity index (χ0v) is 19.8. The van der Waals surface area contributed by atoms with Gasteiger partial charge in [-0.25, -0.2) is 0 Å². The number of benzene rings is 2. The van der Waals surface area contributed by atoms with Crippen LogP contribution in [-0.4, -0.2) is 77.6 Å². The van der Waals surface area contributed by atoms with Gasteiger partial charge in [0, 0.05) is 11.6 Å². The number of aromatic hydroxyl groups is 2. The molecule has 1 aliphatic rings. The van der Waals surface area contributed by atoms with Crippen LogP contribution in [0, 0.1) is 0 Å². The molecule has 194 valence electrons. The molecule has 1 aromatic heterocycles. The van der Waals surface area contributed by atoms with Gasteiger partial charge in [-0.05, 0) is 25.1 Å². The molecule has 5 atom stereocenters. The van der Waals surface area contributed by atoms with Gasteiger partial charge in [0.1, 0.15) is 29.3 Å². The Morgan fingerprint density at radius 3 is 2.19 bits per heavy atom. The smallest absolute Gasteiger partial charge is 0.239 e. The van der Waals surface area contributed by atoms with Crippen LogP contribution in [-0.2, 0) is 4.74 Å². The third-order valence-corrected chi connectivity index (χ3v) is 5.94. The standard InChI is InChI=1S/C24H26O12/c1-9-16(26)19(29)20(30)24(34-9)36-14-8-13-15(17(27)22(14)32-3)18(28)23(33-4)21(35-13)10-5-6-11(25)12(7-10)31-2/h5-9,16,19-20,24-27,29-30H,1-4H3/t9?,16-,19-,20?,24-/m0/s1. The van der Waals surface area contributed by atoms with Crippen LogP contribution in [0.5, 0.6) is 34.5 Å². The van der Waals surface area contributed by atoms with Gasteiger partial charge in [-0.2, -0.15) is 0 Å². The lowest BCUT2D eigenvalue weighted by Gasteiger charge is -2.39. The number of methoxy groups -OCH3 is 3. The number of rotatable bonds is 6. The minimum Gasteiger partial charge on any atom is -0.504 e. The lowest BCUT2D eigenvalue weighted by molar-refractivity contribution is -0.268. The third kappa shape index (κ3) is 4.13. The molecule has 0 radical (unpaired) electrons. The highest BCUT2D eigenvalue weighted by atomic mass is 16.7.